The van der Waals surface area contributed by atoms with Gasteiger partial charge < -0.3 is 13.7 Å². The van der Waals surface area contributed by atoms with Crippen LogP contribution in [-0.2, 0) is 22.6 Å². The molecular weight excluding hydrogens is 392 g/mol. The second-order valence-electron chi connectivity index (χ2n) is 6.41. The van der Waals surface area contributed by atoms with Gasteiger partial charge in [0.25, 0.3) is 11.1 Å². The number of amides is 2. The second-order valence-corrected chi connectivity index (χ2v) is 7.41. The molecule has 1 saturated heterocycles. The molecule has 0 saturated carbocycles. The number of carbonyl (C=O) groups is 3. The van der Waals surface area contributed by atoms with Crippen molar-refractivity contribution >= 4 is 45.9 Å². The number of thioether (sulfide) groups is 1. The van der Waals surface area contributed by atoms with Crippen molar-refractivity contribution in [2.24, 2.45) is 0 Å². The molecule has 2 amide bonds. The first-order valence-corrected chi connectivity index (χ1v) is 9.83. The molecular formula is C21H18N2O5S. The lowest BCUT2D eigenvalue weighted by molar-refractivity contribution is -0.123. The van der Waals surface area contributed by atoms with Gasteiger partial charge in [0.05, 0.1) is 18.6 Å². The maximum Gasteiger partial charge on any atom is 0.373 e. The number of carbonyl (C=O) groups excluding carboxylic acids is 3. The Kier molecular flexibility index (Phi) is 5.02. The van der Waals surface area contributed by atoms with Crippen LogP contribution in [0.4, 0.5) is 4.79 Å². The average molecular weight is 410 g/mol. The third-order valence-electron chi connectivity index (χ3n) is 4.68. The van der Waals surface area contributed by atoms with Gasteiger partial charge in [0.15, 0.2) is 0 Å². The number of imide groups is 1. The van der Waals surface area contributed by atoms with Gasteiger partial charge in [-0.05, 0) is 43.0 Å². The molecule has 3 heterocycles. The summed E-state index contributed by atoms with van der Waals surface area (Å²) in [5.41, 5.74) is 1.96. The predicted molar refractivity (Wildman–Crippen MR) is 109 cm³/mol. The number of fused-ring (bicyclic) bond motifs is 1. The molecule has 4 rings (SSSR count). The topological polar surface area (TPSA) is 81.8 Å². The molecule has 0 radical (unpaired) electrons. The Labute approximate surface area is 170 Å². The maximum absolute atomic E-state index is 12.8. The Hall–Kier alpha value is -3.26. The summed E-state index contributed by atoms with van der Waals surface area (Å²) in [6.07, 6.45) is 3.73. The van der Waals surface area contributed by atoms with Gasteiger partial charge in [0, 0.05) is 29.2 Å². The quantitative estimate of drug-likeness (QED) is 0.461. The second kappa shape index (κ2) is 7.63. The zero-order chi connectivity index (χ0) is 20.5. The molecule has 2 aromatic heterocycles. The van der Waals surface area contributed by atoms with Crippen molar-refractivity contribution < 1.29 is 23.5 Å². The zero-order valence-electron chi connectivity index (χ0n) is 15.9. The molecule has 8 heteroatoms. The molecule has 1 fully saturated rings. The first-order valence-electron chi connectivity index (χ1n) is 9.02. The summed E-state index contributed by atoms with van der Waals surface area (Å²) in [6.45, 7) is 2.81. The molecule has 0 unspecified atom stereocenters. The number of aromatic nitrogens is 1. The minimum atomic E-state index is -0.613. The van der Waals surface area contributed by atoms with Gasteiger partial charge in [0.1, 0.15) is 5.76 Å². The van der Waals surface area contributed by atoms with E-state index < -0.39 is 5.97 Å². The number of hydrogen-bond acceptors (Lipinski definition) is 6. The van der Waals surface area contributed by atoms with Crippen molar-refractivity contribution in [2.45, 2.75) is 20.0 Å². The smallest absolute Gasteiger partial charge is 0.373 e. The van der Waals surface area contributed by atoms with Gasteiger partial charge >= 0.3 is 5.97 Å². The van der Waals surface area contributed by atoms with E-state index in [2.05, 4.69) is 16.2 Å². The van der Waals surface area contributed by atoms with Gasteiger partial charge in [-0.1, -0.05) is 18.2 Å². The molecule has 1 aromatic carbocycles. The first-order chi connectivity index (χ1) is 14.0. The molecule has 0 N–H and O–H groups in total. The highest BCUT2D eigenvalue weighted by Gasteiger charge is 2.36. The minimum Gasteiger partial charge on any atom is -0.463 e. The van der Waals surface area contributed by atoms with Gasteiger partial charge in [-0.2, -0.15) is 0 Å². The molecule has 148 valence electrons. The van der Waals surface area contributed by atoms with Crippen LogP contribution in [0.2, 0.25) is 0 Å². The molecule has 1 aliphatic heterocycles. The molecule has 0 atom stereocenters. The Balaban J connectivity index is 1.60. The maximum atomic E-state index is 12.8. The van der Waals surface area contributed by atoms with E-state index in [1.807, 2.05) is 30.5 Å². The van der Waals surface area contributed by atoms with Gasteiger partial charge in [-0.25, -0.2) is 4.79 Å². The Morgan fingerprint density at radius 1 is 1.21 bits per heavy atom. The van der Waals surface area contributed by atoms with Crippen LogP contribution in [0.5, 0.6) is 0 Å². The Morgan fingerprint density at radius 2 is 2.00 bits per heavy atom. The lowest BCUT2D eigenvalue weighted by Crippen LogP contribution is -2.27. The van der Waals surface area contributed by atoms with Crippen LogP contribution in [0.3, 0.4) is 0 Å². The molecule has 0 spiro atoms. The van der Waals surface area contributed by atoms with Crippen LogP contribution in [0.15, 0.2) is 51.9 Å². The van der Waals surface area contributed by atoms with Crippen molar-refractivity contribution in [2.75, 3.05) is 7.11 Å². The van der Waals surface area contributed by atoms with E-state index in [4.69, 9.17) is 4.42 Å². The standard InChI is InChI=1S/C21H18N2O5S/c1-3-22-11-13(15-6-4-5-7-16(15)22)10-18-19(24)23(21(26)29-18)12-14-8-9-17(28-14)20(25)27-2/h4-11H,3,12H2,1-2H3/b18-10+. The van der Waals surface area contributed by atoms with Crippen molar-refractivity contribution in [3.8, 4) is 0 Å². The summed E-state index contributed by atoms with van der Waals surface area (Å²) >= 11 is 0.895. The molecule has 1 aliphatic rings. The van der Waals surface area contributed by atoms with E-state index in [-0.39, 0.29) is 23.5 Å². The zero-order valence-corrected chi connectivity index (χ0v) is 16.7. The van der Waals surface area contributed by atoms with Crippen molar-refractivity contribution in [1.82, 2.24) is 9.47 Å². The number of nitrogens with zero attached hydrogens (tertiary/aromatic N) is 2. The van der Waals surface area contributed by atoms with E-state index in [9.17, 15) is 14.4 Å². The number of furan rings is 1. The van der Waals surface area contributed by atoms with Crippen LogP contribution >= 0.6 is 11.8 Å². The summed E-state index contributed by atoms with van der Waals surface area (Å²) in [7, 11) is 1.25. The highest BCUT2D eigenvalue weighted by Crippen LogP contribution is 2.35. The number of methoxy groups -OCH3 is 1. The minimum absolute atomic E-state index is 0.0254. The van der Waals surface area contributed by atoms with Crippen molar-refractivity contribution in [1.29, 1.82) is 0 Å². The molecule has 3 aromatic rings. The van der Waals surface area contributed by atoms with Crippen LogP contribution in [0.1, 0.15) is 28.8 Å². The van der Waals surface area contributed by atoms with E-state index in [1.165, 1.54) is 13.2 Å². The highest BCUT2D eigenvalue weighted by atomic mass is 32.2. The number of ether oxygens (including phenoxy) is 1. The molecule has 0 aliphatic carbocycles. The monoisotopic (exact) mass is 410 g/mol. The largest absolute Gasteiger partial charge is 0.463 e. The number of para-hydroxylation sites is 1. The average Bonchev–Trinajstić information content (AvgIpc) is 3.41. The van der Waals surface area contributed by atoms with Gasteiger partial charge in [0.2, 0.25) is 5.76 Å². The lowest BCUT2D eigenvalue weighted by Gasteiger charge is -2.09. The summed E-state index contributed by atoms with van der Waals surface area (Å²) in [6, 6.07) is 10.9. The number of rotatable bonds is 5. The van der Waals surface area contributed by atoms with Crippen LogP contribution in [0.25, 0.3) is 17.0 Å². The third kappa shape index (κ3) is 3.47. The fraction of sp³-hybridized carbons (Fsp3) is 0.190. The van der Waals surface area contributed by atoms with Gasteiger partial charge in [-0.3, -0.25) is 14.5 Å². The van der Waals surface area contributed by atoms with Crippen LogP contribution < -0.4 is 0 Å². The number of benzene rings is 1. The van der Waals surface area contributed by atoms with E-state index in [1.54, 1.807) is 12.1 Å². The number of hydrogen-bond donors (Lipinski definition) is 0. The highest BCUT2D eigenvalue weighted by molar-refractivity contribution is 8.18. The molecule has 0 bridgehead atoms. The fourth-order valence-corrected chi connectivity index (χ4v) is 4.09. The van der Waals surface area contributed by atoms with Crippen molar-refractivity contribution in [3.63, 3.8) is 0 Å². The van der Waals surface area contributed by atoms with Crippen LogP contribution in [0, 0.1) is 0 Å². The van der Waals surface area contributed by atoms with E-state index in [0.29, 0.717) is 10.7 Å². The number of esters is 1. The first kappa shape index (κ1) is 19.1. The summed E-state index contributed by atoms with van der Waals surface area (Å²) in [5.74, 6) is -0.643. The van der Waals surface area contributed by atoms with Crippen LogP contribution in [-0.4, -0.2) is 33.7 Å². The Morgan fingerprint density at radius 3 is 2.76 bits per heavy atom. The Bertz CT molecular complexity index is 1160. The van der Waals surface area contributed by atoms with Gasteiger partial charge in [-0.15, -0.1) is 0 Å². The fourth-order valence-electron chi connectivity index (χ4n) is 3.26. The summed E-state index contributed by atoms with van der Waals surface area (Å²) < 4.78 is 12.1. The molecule has 7 nitrogen and oxygen atoms in total. The molecule has 29 heavy (non-hydrogen) atoms. The van der Waals surface area contributed by atoms with E-state index >= 15 is 0 Å². The predicted octanol–water partition coefficient (Wildman–Crippen LogP) is 4.28. The van der Waals surface area contributed by atoms with E-state index in [0.717, 1.165) is 39.7 Å². The summed E-state index contributed by atoms with van der Waals surface area (Å²) in [4.78, 5) is 38.2. The van der Waals surface area contributed by atoms with Crippen molar-refractivity contribution in [3.05, 3.63) is 64.6 Å². The SMILES string of the molecule is CCn1cc(/C=C2/SC(=O)N(Cc3ccc(C(=O)OC)o3)C2=O)c2ccccc21. The summed E-state index contributed by atoms with van der Waals surface area (Å²) in [5, 5.41) is 0.645. The normalized spacial score (nSPS) is 15.7. The lowest BCUT2D eigenvalue weighted by atomic mass is 10.1. The third-order valence-corrected chi connectivity index (χ3v) is 5.59. The number of aryl methyl sites for hydroxylation is 1.